The van der Waals surface area contributed by atoms with Crippen molar-refractivity contribution in [3.63, 3.8) is 0 Å². The summed E-state index contributed by atoms with van der Waals surface area (Å²) in [7, 11) is 0. The van der Waals surface area contributed by atoms with Gasteiger partial charge >= 0.3 is 51.4 Å². The average molecular weight is 394 g/mol. The monoisotopic (exact) mass is 393 g/mol. The van der Waals surface area contributed by atoms with E-state index in [1.54, 1.807) is 0 Å². The topological polar surface area (TPSA) is 43.4 Å². The van der Waals surface area contributed by atoms with Crippen molar-refractivity contribution < 1.29 is 61.3 Å². The predicted octanol–water partition coefficient (Wildman–Crippen LogP) is 2.32. The Bertz CT molecular complexity index is 282. The molecular weight excluding hydrogens is 349 g/mol. The summed E-state index contributed by atoms with van der Waals surface area (Å²) in [4.78, 5) is 13.3. The molecule has 1 unspecified atom stereocenters. The van der Waals surface area contributed by atoms with Gasteiger partial charge in [-0.1, -0.05) is 90.9 Å². The maximum absolute atomic E-state index is 10.9. The third-order valence-electron chi connectivity index (χ3n) is 5.18. The number of nitrogens with zero attached hydrogens (tertiary/aromatic N) is 1. The smallest absolute Gasteiger partial charge is 0.550 e. The number of carboxylic acids is 1. The summed E-state index contributed by atoms with van der Waals surface area (Å²) in [6, 6.07) is 0.102. The molecule has 1 atom stereocenters. The fourth-order valence-corrected chi connectivity index (χ4v) is 3.47. The van der Waals surface area contributed by atoms with Crippen molar-refractivity contribution in [2.75, 3.05) is 13.1 Å². The van der Waals surface area contributed by atoms with Crippen LogP contribution in [0.5, 0.6) is 0 Å². The molecule has 0 rings (SSSR count). The van der Waals surface area contributed by atoms with Gasteiger partial charge in [-0.2, -0.15) is 0 Å². The average Bonchev–Trinajstić information content (AvgIpc) is 2.57. The van der Waals surface area contributed by atoms with Gasteiger partial charge in [0.15, 0.2) is 0 Å². The summed E-state index contributed by atoms with van der Waals surface area (Å²) in [5, 5.41) is 10.9. The van der Waals surface area contributed by atoms with E-state index in [0.29, 0.717) is 0 Å². The quantitative estimate of drug-likeness (QED) is 0.250. The number of aliphatic carboxylic acids is 1. The van der Waals surface area contributed by atoms with Crippen LogP contribution in [0, 0.1) is 0 Å². The van der Waals surface area contributed by atoms with Gasteiger partial charge in [0.1, 0.15) is 0 Å². The first-order valence-electron chi connectivity index (χ1n) is 11.1. The molecule has 0 spiro atoms. The Morgan fingerprint density at radius 2 is 1.08 bits per heavy atom. The van der Waals surface area contributed by atoms with Crippen molar-refractivity contribution in [2.45, 2.75) is 123 Å². The van der Waals surface area contributed by atoms with Crippen LogP contribution in [0.1, 0.15) is 117 Å². The fraction of sp³-hybridized carbons (Fsp3) is 0.955. The zero-order valence-corrected chi connectivity index (χ0v) is 21.5. The van der Waals surface area contributed by atoms with Crippen LogP contribution < -0.4 is 56.5 Å². The minimum absolute atomic E-state index is 0. The first-order valence-corrected chi connectivity index (χ1v) is 11.1. The van der Waals surface area contributed by atoms with Gasteiger partial charge in [-0.3, -0.25) is 0 Å². The Balaban J connectivity index is 0. The van der Waals surface area contributed by atoms with E-state index in [4.69, 9.17) is 0 Å². The molecule has 0 saturated carbocycles. The number of carboxylic acid groups (broad SMARTS) is 1. The van der Waals surface area contributed by atoms with Gasteiger partial charge in [-0.15, -0.1) is 0 Å². The Morgan fingerprint density at radius 1 is 0.731 bits per heavy atom. The van der Waals surface area contributed by atoms with Crippen molar-refractivity contribution >= 4 is 5.97 Å². The Morgan fingerprint density at radius 3 is 1.42 bits per heavy atom. The van der Waals surface area contributed by atoms with Crippen LogP contribution in [0.25, 0.3) is 0 Å². The van der Waals surface area contributed by atoms with Crippen LogP contribution in [0.2, 0.25) is 0 Å². The van der Waals surface area contributed by atoms with Crippen LogP contribution in [0.4, 0.5) is 0 Å². The van der Waals surface area contributed by atoms with Crippen LogP contribution in [-0.2, 0) is 4.79 Å². The Kier molecular flexibility index (Phi) is 25.2. The van der Waals surface area contributed by atoms with Crippen molar-refractivity contribution in [3.8, 4) is 0 Å². The molecule has 0 aromatic rings. The first-order chi connectivity index (χ1) is 12.1. The Hall–Kier alpha value is 1.07. The van der Waals surface area contributed by atoms with Crippen LogP contribution in [0.15, 0.2) is 0 Å². The van der Waals surface area contributed by atoms with E-state index in [0.717, 1.165) is 13.1 Å². The summed E-state index contributed by atoms with van der Waals surface area (Å²) in [6.45, 7) is 8.62. The van der Waals surface area contributed by atoms with E-state index >= 15 is 0 Å². The Labute approximate surface area is 206 Å². The molecule has 0 aliphatic carbocycles. The molecule has 0 aliphatic heterocycles. The number of hydrogen-bond donors (Lipinski definition) is 0. The SMILES string of the molecule is CCCCCCCCCN(CCCCCCCCC)C(C)CC(=O)[O-].[K+]. The minimum atomic E-state index is -0.920. The van der Waals surface area contributed by atoms with Crippen LogP contribution in [-0.4, -0.2) is 30.0 Å². The molecule has 0 amide bonds. The number of rotatable bonds is 19. The van der Waals surface area contributed by atoms with Crippen molar-refractivity contribution in [1.29, 1.82) is 0 Å². The third-order valence-corrected chi connectivity index (χ3v) is 5.18. The molecule has 0 fully saturated rings. The molecule has 0 aromatic heterocycles. The van der Waals surface area contributed by atoms with E-state index < -0.39 is 5.97 Å². The van der Waals surface area contributed by atoms with Crippen molar-refractivity contribution in [1.82, 2.24) is 4.90 Å². The molecule has 4 heteroatoms. The molecule has 0 radical (unpaired) electrons. The number of carbonyl (C=O) groups excluding carboxylic acids is 1. The largest absolute Gasteiger partial charge is 1.00 e. The van der Waals surface area contributed by atoms with Crippen molar-refractivity contribution in [3.05, 3.63) is 0 Å². The molecule has 0 aliphatic rings. The second-order valence-electron chi connectivity index (χ2n) is 7.70. The van der Waals surface area contributed by atoms with Gasteiger partial charge in [0, 0.05) is 18.4 Å². The van der Waals surface area contributed by atoms with Gasteiger partial charge in [-0.05, 0) is 32.9 Å². The van der Waals surface area contributed by atoms with Gasteiger partial charge in [0.05, 0.1) is 0 Å². The second kappa shape index (κ2) is 22.4. The summed E-state index contributed by atoms with van der Waals surface area (Å²) in [6.07, 6.45) is 18.5. The number of hydrogen-bond acceptors (Lipinski definition) is 3. The molecular formula is C22H44KNO2. The fourth-order valence-electron chi connectivity index (χ4n) is 3.47. The number of carbonyl (C=O) groups is 1. The van der Waals surface area contributed by atoms with Gasteiger partial charge in [0.25, 0.3) is 0 Å². The predicted molar refractivity (Wildman–Crippen MR) is 107 cm³/mol. The second-order valence-corrected chi connectivity index (χ2v) is 7.70. The molecule has 0 saturated heterocycles. The summed E-state index contributed by atoms with van der Waals surface area (Å²) >= 11 is 0. The van der Waals surface area contributed by atoms with Gasteiger partial charge < -0.3 is 14.8 Å². The van der Waals surface area contributed by atoms with Gasteiger partial charge in [0.2, 0.25) is 0 Å². The van der Waals surface area contributed by atoms with E-state index in [2.05, 4.69) is 18.7 Å². The van der Waals surface area contributed by atoms with Crippen LogP contribution >= 0.6 is 0 Å². The number of unbranched alkanes of at least 4 members (excludes halogenated alkanes) is 12. The first kappa shape index (κ1) is 29.3. The molecule has 26 heavy (non-hydrogen) atoms. The van der Waals surface area contributed by atoms with E-state index in [-0.39, 0.29) is 63.8 Å². The standard InChI is InChI=1S/C22H45NO2.K/c1-4-6-8-10-12-14-16-18-23(21(3)20-22(24)25)19-17-15-13-11-9-7-5-2;/h21H,4-20H2,1-3H3,(H,24,25);/q;+1/p-1. The summed E-state index contributed by atoms with van der Waals surface area (Å²) in [5.41, 5.74) is 0. The maximum atomic E-state index is 10.9. The van der Waals surface area contributed by atoms with E-state index in [1.807, 2.05) is 6.92 Å². The summed E-state index contributed by atoms with van der Waals surface area (Å²) in [5.74, 6) is -0.920. The summed E-state index contributed by atoms with van der Waals surface area (Å²) < 4.78 is 0. The zero-order valence-electron chi connectivity index (χ0n) is 18.4. The zero-order chi connectivity index (χ0) is 18.8. The van der Waals surface area contributed by atoms with Crippen molar-refractivity contribution in [2.24, 2.45) is 0 Å². The van der Waals surface area contributed by atoms with E-state index in [9.17, 15) is 9.90 Å². The molecule has 150 valence electrons. The van der Waals surface area contributed by atoms with E-state index in [1.165, 1.54) is 89.9 Å². The molecule has 3 nitrogen and oxygen atoms in total. The van der Waals surface area contributed by atoms with Crippen LogP contribution in [0.3, 0.4) is 0 Å². The molecule has 0 bridgehead atoms. The van der Waals surface area contributed by atoms with Gasteiger partial charge in [-0.25, -0.2) is 0 Å². The minimum Gasteiger partial charge on any atom is -0.550 e. The molecule has 0 N–H and O–H groups in total. The molecule has 0 aromatic carbocycles. The molecule has 0 heterocycles. The normalized spacial score (nSPS) is 12.2. The maximum Gasteiger partial charge on any atom is 1.00 e. The third kappa shape index (κ3) is 19.8.